The van der Waals surface area contributed by atoms with Crippen LogP contribution in [-0.2, 0) is 6.42 Å². The second-order valence-electron chi connectivity index (χ2n) is 6.48. The van der Waals surface area contributed by atoms with Crippen molar-refractivity contribution >= 4 is 22.8 Å². The number of furan rings is 1. The lowest BCUT2D eigenvalue weighted by Crippen LogP contribution is -2.28. The summed E-state index contributed by atoms with van der Waals surface area (Å²) in [5, 5.41) is 1.27. The minimum absolute atomic E-state index is 0.913. The summed E-state index contributed by atoms with van der Waals surface area (Å²) >= 11 is 0. The number of hydrogen-bond donors (Lipinski definition) is 1. The monoisotopic (exact) mass is 333 g/mol. The van der Waals surface area contributed by atoms with E-state index in [9.17, 15) is 0 Å². The summed E-state index contributed by atoms with van der Waals surface area (Å²) < 4.78 is 5.59. The number of rotatable bonds is 4. The second-order valence-corrected chi connectivity index (χ2v) is 6.48. The van der Waals surface area contributed by atoms with E-state index in [1.165, 1.54) is 22.2 Å². The Labute approximate surface area is 147 Å². The van der Waals surface area contributed by atoms with Crippen LogP contribution in [-0.4, -0.2) is 23.1 Å². The minimum Gasteiger partial charge on any atom is -0.462 e. The zero-order chi connectivity index (χ0) is 17.2. The van der Waals surface area contributed by atoms with E-state index in [0.29, 0.717) is 0 Å². The molecule has 0 aromatic carbocycles. The molecule has 4 heterocycles. The molecule has 0 atom stereocenters. The topological polar surface area (TPSA) is 45.1 Å². The van der Waals surface area contributed by atoms with Crippen LogP contribution in [0.5, 0.6) is 0 Å². The second kappa shape index (κ2) is 6.63. The van der Waals surface area contributed by atoms with Crippen LogP contribution < -0.4 is 4.90 Å². The molecule has 4 heteroatoms. The highest BCUT2D eigenvalue weighted by molar-refractivity contribution is 5.93. The molecule has 128 valence electrons. The van der Waals surface area contributed by atoms with Gasteiger partial charge in [0.1, 0.15) is 17.2 Å². The number of aromatic nitrogens is 2. The molecule has 0 fully saturated rings. The predicted octanol–water partition coefficient (Wildman–Crippen LogP) is 4.88. The van der Waals surface area contributed by atoms with Gasteiger partial charge >= 0.3 is 0 Å². The van der Waals surface area contributed by atoms with Crippen molar-refractivity contribution in [2.24, 2.45) is 0 Å². The Bertz CT molecular complexity index is 945. The van der Waals surface area contributed by atoms with E-state index < -0.39 is 0 Å². The van der Waals surface area contributed by atoms with Gasteiger partial charge in [0.2, 0.25) is 0 Å². The maximum Gasteiger partial charge on any atom is 0.139 e. The van der Waals surface area contributed by atoms with Crippen LogP contribution >= 0.6 is 0 Å². The first-order chi connectivity index (χ1) is 12.2. The van der Waals surface area contributed by atoms with E-state index in [0.717, 1.165) is 43.1 Å². The summed E-state index contributed by atoms with van der Waals surface area (Å²) in [7, 11) is 0. The Hall–Kier alpha value is -2.75. The van der Waals surface area contributed by atoms with Crippen molar-refractivity contribution in [1.82, 2.24) is 9.97 Å². The van der Waals surface area contributed by atoms with Gasteiger partial charge in [-0.3, -0.25) is 0 Å². The number of anilines is 1. The van der Waals surface area contributed by atoms with Crippen molar-refractivity contribution in [3.63, 3.8) is 0 Å². The minimum atomic E-state index is 0.913. The van der Waals surface area contributed by atoms with E-state index in [1.807, 2.05) is 25.3 Å². The standard InChI is InChI=1S/C21H23N3O/c1-3-17-8-11-22-21-20(17)19(14-23-21)24-12-9-16(10-13-24)5-7-18-6-4-15(2)25-18/h4-9,11,14H,3,10,12-13H2,1-2H3,(H,22,23)/b7-5+. The molecule has 1 N–H and O–H groups in total. The van der Waals surface area contributed by atoms with Gasteiger partial charge in [-0.1, -0.05) is 19.1 Å². The summed E-state index contributed by atoms with van der Waals surface area (Å²) in [5.41, 5.74) is 4.96. The third-order valence-electron chi connectivity index (χ3n) is 4.83. The van der Waals surface area contributed by atoms with Gasteiger partial charge in [0.15, 0.2) is 0 Å². The van der Waals surface area contributed by atoms with Crippen molar-refractivity contribution in [2.75, 3.05) is 18.0 Å². The lowest BCUT2D eigenvalue weighted by molar-refractivity contribution is 0.525. The molecule has 0 radical (unpaired) electrons. The van der Waals surface area contributed by atoms with Crippen molar-refractivity contribution in [3.8, 4) is 0 Å². The third kappa shape index (κ3) is 3.12. The molecule has 3 aromatic heterocycles. The van der Waals surface area contributed by atoms with Crippen LogP contribution in [0.15, 0.2) is 52.7 Å². The number of hydrogen-bond acceptors (Lipinski definition) is 3. The number of H-pyrrole nitrogens is 1. The van der Waals surface area contributed by atoms with Crippen LogP contribution in [0.1, 0.15) is 30.4 Å². The number of nitrogens with one attached hydrogen (secondary N) is 1. The summed E-state index contributed by atoms with van der Waals surface area (Å²) in [6.45, 7) is 6.09. The van der Waals surface area contributed by atoms with Crippen molar-refractivity contribution in [3.05, 3.63) is 65.4 Å². The van der Waals surface area contributed by atoms with Crippen LogP contribution in [0.4, 0.5) is 5.69 Å². The van der Waals surface area contributed by atoms with E-state index in [-0.39, 0.29) is 0 Å². The molecule has 0 saturated heterocycles. The molecule has 1 aliphatic heterocycles. The van der Waals surface area contributed by atoms with Gasteiger partial charge in [-0.05, 0) is 55.2 Å². The van der Waals surface area contributed by atoms with E-state index >= 15 is 0 Å². The fourth-order valence-electron chi connectivity index (χ4n) is 3.44. The number of allylic oxidation sites excluding steroid dienone is 1. The molecular weight excluding hydrogens is 310 g/mol. The van der Waals surface area contributed by atoms with Gasteiger partial charge in [-0.2, -0.15) is 0 Å². The Balaban J connectivity index is 1.53. The van der Waals surface area contributed by atoms with Crippen LogP contribution in [0.25, 0.3) is 17.1 Å². The number of nitrogens with zero attached hydrogens (tertiary/aromatic N) is 2. The first kappa shape index (κ1) is 15.8. The van der Waals surface area contributed by atoms with Gasteiger partial charge in [0, 0.05) is 30.9 Å². The lowest BCUT2D eigenvalue weighted by Gasteiger charge is -2.27. The fraction of sp³-hybridized carbons (Fsp3) is 0.286. The molecule has 0 bridgehead atoms. The smallest absolute Gasteiger partial charge is 0.139 e. The van der Waals surface area contributed by atoms with Crippen LogP contribution in [0, 0.1) is 6.92 Å². The Morgan fingerprint density at radius 3 is 2.92 bits per heavy atom. The number of aromatic amines is 1. The molecule has 0 spiro atoms. The molecule has 25 heavy (non-hydrogen) atoms. The van der Waals surface area contributed by atoms with Crippen molar-refractivity contribution in [2.45, 2.75) is 26.7 Å². The van der Waals surface area contributed by atoms with E-state index in [2.05, 4.69) is 52.3 Å². The molecule has 0 saturated carbocycles. The number of fused-ring (bicyclic) bond motifs is 1. The zero-order valence-corrected chi connectivity index (χ0v) is 14.7. The maximum atomic E-state index is 5.59. The SMILES string of the molecule is CCc1ccnc2[nH]cc(N3CC=C(/C=C/c4ccc(C)o4)CC3)c12. The van der Waals surface area contributed by atoms with Gasteiger partial charge < -0.3 is 14.3 Å². The van der Waals surface area contributed by atoms with Gasteiger partial charge in [-0.15, -0.1) is 0 Å². The third-order valence-corrected chi connectivity index (χ3v) is 4.83. The summed E-state index contributed by atoms with van der Waals surface area (Å²) in [4.78, 5) is 10.2. The van der Waals surface area contributed by atoms with Gasteiger partial charge in [-0.25, -0.2) is 4.98 Å². The molecule has 3 aromatic rings. The molecular formula is C21H23N3O. The normalized spacial score (nSPS) is 15.3. The highest BCUT2D eigenvalue weighted by atomic mass is 16.3. The predicted molar refractivity (Wildman–Crippen MR) is 103 cm³/mol. The lowest BCUT2D eigenvalue weighted by atomic mass is 10.1. The Morgan fingerprint density at radius 1 is 1.28 bits per heavy atom. The molecule has 0 unspecified atom stereocenters. The first-order valence-electron chi connectivity index (χ1n) is 8.88. The maximum absolute atomic E-state index is 5.59. The summed E-state index contributed by atoms with van der Waals surface area (Å²) in [6, 6.07) is 6.12. The molecule has 1 aliphatic rings. The largest absolute Gasteiger partial charge is 0.462 e. The van der Waals surface area contributed by atoms with Gasteiger partial charge in [0.05, 0.1) is 5.69 Å². The number of aryl methyl sites for hydroxylation is 2. The van der Waals surface area contributed by atoms with Crippen LogP contribution in [0.3, 0.4) is 0 Å². The molecule has 0 amide bonds. The quantitative estimate of drug-likeness (QED) is 0.740. The first-order valence-corrected chi connectivity index (χ1v) is 8.88. The van der Waals surface area contributed by atoms with Crippen molar-refractivity contribution < 1.29 is 4.42 Å². The Morgan fingerprint density at radius 2 is 2.20 bits per heavy atom. The average Bonchev–Trinajstić information content (AvgIpc) is 3.26. The fourth-order valence-corrected chi connectivity index (χ4v) is 3.44. The molecule has 4 nitrogen and oxygen atoms in total. The summed E-state index contributed by atoms with van der Waals surface area (Å²) in [5.74, 6) is 1.86. The van der Waals surface area contributed by atoms with E-state index in [4.69, 9.17) is 4.42 Å². The van der Waals surface area contributed by atoms with E-state index in [1.54, 1.807) is 0 Å². The highest BCUT2D eigenvalue weighted by Gasteiger charge is 2.17. The summed E-state index contributed by atoms with van der Waals surface area (Å²) in [6.07, 6.45) is 12.6. The van der Waals surface area contributed by atoms with Crippen LogP contribution in [0.2, 0.25) is 0 Å². The zero-order valence-electron chi connectivity index (χ0n) is 14.7. The van der Waals surface area contributed by atoms with Crippen molar-refractivity contribution in [1.29, 1.82) is 0 Å². The molecule has 0 aliphatic carbocycles. The molecule has 4 rings (SSSR count). The number of pyridine rings is 1. The average molecular weight is 333 g/mol. The Kier molecular flexibility index (Phi) is 4.18. The highest BCUT2D eigenvalue weighted by Crippen LogP contribution is 2.31. The van der Waals surface area contributed by atoms with Gasteiger partial charge in [0.25, 0.3) is 0 Å².